The van der Waals surface area contributed by atoms with Gasteiger partial charge in [-0.2, -0.15) is 5.10 Å². The molecule has 7 nitrogen and oxygen atoms in total. The fraction of sp³-hybridized carbons (Fsp3) is 0.286. The van der Waals surface area contributed by atoms with E-state index in [4.69, 9.17) is 9.84 Å². The minimum absolute atomic E-state index is 0.138. The first-order valence-corrected chi connectivity index (χ1v) is 9.18. The van der Waals surface area contributed by atoms with Crippen LogP contribution in [0.5, 0.6) is 11.6 Å². The van der Waals surface area contributed by atoms with Gasteiger partial charge in [-0.15, -0.1) is 0 Å². The molecule has 0 saturated carbocycles. The second-order valence-corrected chi connectivity index (χ2v) is 6.61. The van der Waals surface area contributed by atoms with Crippen LogP contribution in [0.25, 0.3) is 11.3 Å². The first kappa shape index (κ1) is 19.6. The van der Waals surface area contributed by atoms with Crippen molar-refractivity contribution in [2.75, 3.05) is 6.61 Å². The first-order chi connectivity index (χ1) is 13.5. The van der Waals surface area contributed by atoms with Crippen molar-refractivity contribution in [1.82, 2.24) is 20.1 Å². The van der Waals surface area contributed by atoms with E-state index in [-0.39, 0.29) is 18.6 Å². The minimum atomic E-state index is -0.348. The molecule has 1 aromatic carbocycles. The van der Waals surface area contributed by atoms with Gasteiger partial charge in [0.05, 0.1) is 23.4 Å². The molecule has 146 valence electrons. The van der Waals surface area contributed by atoms with Crippen LogP contribution in [0.3, 0.4) is 0 Å². The molecule has 0 aliphatic rings. The van der Waals surface area contributed by atoms with Crippen LogP contribution < -0.4 is 10.1 Å². The summed E-state index contributed by atoms with van der Waals surface area (Å²) in [5, 5.41) is 16.3. The Kier molecular flexibility index (Phi) is 6.06. The van der Waals surface area contributed by atoms with Gasteiger partial charge in [-0.1, -0.05) is 19.1 Å². The summed E-state index contributed by atoms with van der Waals surface area (Å²) in [7, 11) is 1.82. The highest BCUT2D eigenvalue weighted by Crippen LogP contribution is 2.31. The van der Waals surface area contributed by atoms with Crippen molar-refractivity contribution in [3.05, 3.63) is 59.9 Å². The molecule has 3 aromatic rings. The lowest BCUT2D eigenvalue weighted by atomic mass is 10.1. The Morgan fingerprint density at radius 3 is 2.64 bits per heavy atom. The number of hydrogen-bond acceptors (Lipinski definition) is 5. The van der Waals surface area contributed by atoms with Crippen molar-refractivity contribution in [3.8, 4) is 22.9 Å². The van der Waals surface area contributed by atoms with Crippen molar-refractivity contribution in [2.24, 2.45) is 7.05 Å². The van der Waals surface area contributed by atoms with Crippen molar-refractivity contribution < 1.29 is 14.6 Å². The molecule has 1 atom stereocenters. The number of carbonyl (C=O) groups is 1. The maximum absolute atomic E-state index is 12.4. The Morgan fingerprint density at radius 1 is 1.29 bits per heavy atom. The number of pyridine rings is 1. The summed E-state index contributed by atoms with van der Waals surface area (Å²) in [6, 6.07) is 11.0. The number of ether oxygens (including phenoxy) is 1. The Balaban J connectivity index is 1.95. The highest BCUT2D eigenvalue weighted by atomic mass is 16.5. The first-order valence-electron chi connectivity index (χ1n) is 9.18. The van der Waals surface area contributed by atoms with Crippen LogP contribution in [0.15, 0.2) is 48.8 Å². The van der Waals surface area contributed by atoms with Crippen molar-refractivity contribution >= 4 is 5.91 Å². The lowest BCUT2D eigenvalue weighted by Gasteiger charge is -2.13. The summed E-state index contributed by atoms with van der Waals surface area (Å²) in [4.78, 5) is 16.8. The normalized spacial score (nSPS) is 11.9. The van der Waals surface area contributed by atoms with Crippen LogP contribution in [0, 0.1) is 0 Å². The van der Waals surface area contributed by atoms with Crippen LogP contribution in [-0.4, -0.2) is 38.4 Å². The number of hydrogen-bond donors (Lipinski definition) is 2. The Bertz CT molecular complexity index is 951. The summed E-state index contributed by atoms with van der Waals surface area (Å²) < 4.78 is 7.65. The molecule has 0 bridgehead atoms. The standard InChI is InChI=1S/C21H24N4O3/c1-4-15-5-7-17(8-6-15)28-21-18(19-9-10-25(3)24-19)11-16(12-22-21)20(27)23-14(2)13-26/h5-12,14,26H,4,13H2,1-3H3,(H,23,27)/t14-/m1/s1. The Labute approximate surface area is 164 Å². The van der Waals surface area contributed by atoms with Gasteiger partial charge in [-0.3, -0.25) is 9.48 Å². The molecule has 3 rings (SSSR count). The van der Waals surface area contributed by atoms with Crippen molar-refractivity contribution in [2.45, 2.75) is 26.3 Å². The minimum Gasteiger partial charge on any atom is -0.438 e. The van der Waals surface area contributed by atoms with Crippen LogP contribution >= 0.6 is 0 Å². The zero-order chi connectivity index (χ0) is 20.1. The second kappa shape index (κ2) is 8.67. The lowest BCUT2D eigenvalue weighted by Crippen LogP contribution is -2.35. The van der Waals surface area contributed by atoms with Gasteiger partial charge >= 0.3 is 0 Å². The number of nitrogens with zero attached hydrogens (tertiary/aromatic N) is 3. The van der Waals surface area contributed by atoms with Crippen LogP contribution in [0.4, 0.5) is 0 Å². The summed E-state index contributed by atoms with van der Waals surface area (Å²) >= 11 is 0. The highest BCUT2D eigenvalue weighted by Gasteiger charge is 2.17. The van der Waals surface area contributed by atoms with Gasteiger partial charge in [0.15, 0.2) is 0 Å². The Hall–Kier alpha value is -3.19. The molecular formula is C21H24N4O3. The molecular weight excluding hydrogens is 356 g/mol. The number of rotatable bonds is 7. The van der Waals surface area contributed by atoms with E-state index in [0.717, 1.165) is 6.42 Å². The van der Waals surface area contributed by atoms with Gasteiger partial charge in [0.1, 0.15) is 5.75 Å². The smallest absolute Gasteiger partial charge is 0.253 e. The lowest BCUT2D eigenvalue weighted by molar-refractivity contribution is 0.0922. The number of aliphatic hydroxyl groups is 1. The average Bonchev–Trinajstić information content (AvgIpc) is 3.14. The Morgan fingerprint density at radius 2 is 2.04 bits per heavy atom. The van der Waals surface area contributed by atoms with E-state index >= 15 is 0 Å². The number of aromatic nitrogens is 3. The molecule has 0 fully saturated rings. The van der Waals surface area contributed by atoms with E-state index in [1.54, 1.807) is 17.7 Å². The van der Waals surface area contributed by atoms with Gasteiger partial charge in [-0.05, 0) is 43.2 Å². The summed E-state index contributed by atoms with van der Waals surface area (Å²) in [6.45, 7) is 3.68. The predicted octanol–water partition coefficient (Wildman–Crippen LogP) is 2.95. The van der Waals surface area contributed by atoms with Gasteiger partial charge in [0.2, 0.25) is 5.88 Å². The third kappa shape index (κ3) is 4.55. The third-order valence-corrected chi connectivity index (χ3v) is 4.30. The number of benzene rings is 1. The topological polar surface area (TPSA) is 89.3 Å². The van der Waals surface area contributed by atoms with Crippen molar-refractivity contribution in [3.63, 3.8) is 0 Å². The molecule has 1 amide bonds. The molecule has 0 unspecified atom stereocenters. The van der Waals surface area contributed by atoms with Crippen molar-refractivity contribution in [1.29, 1.82) is 0 Å². The zero-order valence-electron chi connectivity index (χ0n) is 16.2. The molecule has 0 aliphatic heterocycles. The quantitative estimate of drug-likeness (QED) is 0.658. The third-order valence-electron chi connectivity index (χ3n) is 4.30. The summed E-state index contributed by atoms with van der Waals surface area (Å²) in [6.07, 6.45) is 4.23. The SMILES string of the molecule is CCc1ccc(Oc2ncc(C(=O)N[C@H](C)CO)cc2-c2ccn(C)n2)cc1. The predicted molar refractivity (Wildman–Crippen MR) is 106 cm³/mol. The number of carbonyl (C=O) groups excluding carboxylic acids is 1. The molecule has 0 aliphatic carbocycles. The van der Waals surface area contributed by atoms with Gasteiger partial charge < -0.3 is 15.2 Å². The fourth-order valence-corrected chi connectivity index (χ4v) is 2.66. The van der Waals surface area contributed by atoms with E-state index in [0.29, 0.717) is 28.5 Å². The van der Waals surface area contributed by atoms with E-state index in [9.17, 15) is 4.79 Å². The molecule has 0 radical (unpaired) electrons. The van der Waals surface area contributed by atoms with E-state index < -0.39 is 0 Å². The summed E-state index contributed by atoms with van der Waals surface area (Å²) in [5.41, 5.74) is 2.86. The second-order valence-electron chi connectivity index (χ2n) is 6.61. The molecule has 0 spiro atoms. The van der Waals surface area contributed by atoms with E-state index in [1.807, 2.05) is 43.6 Å². The number of aliphatic hydroxyl groups excluding tert-OH is 1. The molecule has 0 saturated heterocycles. The molecule has 2 aromatic heterocycles. The number of nitrogens with one attached hydrogen (secondary N) is 1. The number of aryl methyl sites for hydroxylation is 2. The molecule has 7 heteroatoms. The van der Waals surface area contributed by atoms with Gasteiger partial charge in [-0.25, -0.2) is 4.98 Å². The maximum Gasteiger partial charge on any atom is 0.253 e. The highest BCUT2D eigenvalue weighted by molar-refractivity contribution is 5.95. The van der Waals surface area contributed by atoms with E-state index in [2.05, 4.69) is 22.3 Å². The molecule has 2 heterocycles. The summed E-state index contributed by atoms with van der Waals surface area (Å²) in [5.74, 6) is 0.716. The number of amides is 1. The van der Waals surface area contributed by atoms with Crippen LogP contribution in [-0.2, 0) is 13.5 Å². The molecule has 28 heavy (non-hydrogen) atoms. The fourth-order valence-electron chi connectivity index (χ4n) is 2.66. The maximum atomic E-state index is 12.4. The van der Waals surface area contributed by atoms with Crippen LogP contribution in [0.2, 0.25) is 0 Å². The van der Waals surface area contributed by atoms with Crippen LogP contribution in [0.1, 0.15) is 29.8 Å². The largest absolute Gasteiger partial charge is 0.438 e. The average molecular weight is 380 g/mol. The van der Waals surface area contributed by atoms with E-state index in [1.165, 1.54) is 11.8 Å². The monoisotopic (exact) mass is 380 g/mol. The molecule has 2 N–H and O–H groups in total. The van der Waals surface area contributed by atoms with Gasteiger partial charge in [0, 0.05) is 25.5 Å². The zero-order valence-corrected chi connectivity index (χ0v) is 16.2. The van der Waals surface area contributed by atoms with Gasteiger partial charge in [0.25, 0.3) is 5.91 Å².